The zero-order valence-corrected chi connectivity index (χ0v) is 12.0. The first-order chi connectivity index (χ1) is 9.06. The number of carbonyl (C=O) groups excluding carboxylic acids is 1. The number of hydrogen-bond donors (Lipinski definition) is 1. The van der Waals surface area contributed by atoms with Crippen molar-refractivity contribution in [3.05, 3.63) is 29.8 Å². The van der Waals surface area contributed by atoms with Crippen LogP contribution < -0.4 is 5.32 Å². The molecule has 1 amide bonds. The van der Waals surface area contributed by atoms with Gasteiger partial charge in [-0.2, -0.15) is 5.26 Å². The van der Waals surface area contributed by atoms with E-state index < -0.39 is 0 Å². The van der Waals surface area contributed by atoms with Gasteiger partial charge in [-0.1, -0.05) is 23.9 Å². The maximum atomic E-state index is 11.6. The number of thioether (sulfide) groups is 1. The molecule has 1 N–H and O–H groups in total. The molecular weight excluding hydrogens is 260 g/mol. The van der Waals surface area contributed by atoms with Crippen molar-refractivity contribution in [2.24, 2.45) is 4.99 Å². The van der Waals surface area contributed by atoms with Crippen LogP contribution in [0.25, 0.3) is 0 Å². The lowest BCUT2D eigenvalue weighted by atomic mass is 10.1. The second kappa shape index (κ2) is 7.44. The molecule has 100 valence electrons. The lowest BCUT2D eigenvalue weighted by Crippen LogP contribution is -2.23. The monoisotopic (exact) mass is 276 g/mol. The molecule has 0 aliphatic heterocycles. The number of nitrogens with one attached hydrogen (secondary N) is 1. The number of rotatable bonds is 3. The highest BCUT2D eigenvalue weighted by Gasteiger charge is 2.05. The van der Waals surface area contributed by atoms with E-state index in [2.05, 4.69) is 10.3 Å². The third-order valence-corrected chi connectivity index (χ3v) is 2.96. The Balaban J connectivity index is 2.77. The molecule has 0 aromatic heterocycles. The topological polar surface area (TPSA) is 68.5 Å². The molecule has 0 spiro atoms. The summed E-state index contributed by atoms with van der Waals surface area (Å²) < 4.78 is 0. The van der Waals surface area contributed by atoms with E-state index >= 15 is 0 Å². The standard InChI is InChI=1S/C13H16N4OS/c1-17(2)12(18)8-10-4-6-11(7-5-10)16-13(19-3)15-9-14/h4-7H,8H2,1-3H3,(H,15,16). The van der Waals surface area contributed by atoms with Crippen LogP contribution in [-0.2, 0) is 11.2 Å². The second-order valence-electron chi connectivity index (χ2n) is 3.99. The predicted octanol–water partition coefficient (Wildman–Crippen LogP) is 1.74. The van der Waals surface area contributed by atoms with Crippen LogP contribution in [0.15, 0.2) is 29.3 Å². The van der Waals surface area contributed by atoms with Crippen LogP contribution in [0.2, 0.25) is 0 Å². The maximum absolute atomic E-state index is 11.6. The molecular formula is C13H16N4OS. The third-order valence-electron chi connectivity index (χ3n) is 2.38. The van der Waals surface area contributed by atoms with Crippen molar-refractivity contribution >= 4 is 28.5 Å². The van der Waals surface area contributed by atoms with Gasteiger partial charge in [0.2, 0.25) is 5.91 Å². The summed E-state index contributed by atoms with van der Waals surface area (Å²) in [5.74, 6) is 0.0622. The van der Waals surface area contributed by atoms with Crippen LogP contribution in [0, 0.1) is 11.5 Å². The fourth-order valence-electron chi connectivity index (χ4n) is 1.31. The zero-order chi connectivity index (χ0) is 14.3. The molecule has 0 radical (unpaired) electrons. The highest BCUT2D eigenvalue weighted by atomic mass is 32.2. The van der Waals surface area contributed by atoms with Gasteiger partial charge in [0, 0.05) is 14.1 Å². The van der Waals surface area contributed by atoms with Crippen molar-refractivity contribution in [1.29, 1.82) is 5.26 Å². The van der Waals surface area contributed by atoms with E-state index in [0.29, 0.717) is 11.6 Å². The molecule has 0 saturated heterocycles. The van der Waals surface area contributed by atoms with Crippen molar-refractivity contribution in [1.82, 2.24) is 10.2 Å². The molecule has 1 aromatic carbocycles. The van der Waals surface area contributed by atoms with Crippen LogP contribution in [0.3, 0.4) is 0 Å². The number of nitrogens with zero attached hydrogens (tertiary/aromatic N) is 3. The number of aliphatic imine (C=N–C) groups is 1. The van der Waals surface area contributed by atoms with E-state index in [4.69, 9.17) is 5.26 Å². The number of nitriles is 1. The molecule has 5 nitrogen and oxygen atoms in total. The van der Waals surface area contributed by atoms with E-state index in [1.165, 1.54) is 11.8 Å². The largest absolute Gasteiger partial charge is 0.349 e. The van der Waals surface area contributed by atoms with Crippen molar-refractivity contribution in [2.45, 2.75) is 6.42 Å². The van der Waals surface area contributed by atoms with Gasteiger partial charge in [-0.3, -0.25) is 10.1 Å². The van der Waals surface area contributed by atoms with Gasteiger partial charge in [-0.15, -0.1) is 0 Å². The predicted molar refractivity (Wildman–Crippen MR) is 78.2 cm³/mol. The number of benzene rings is 1. The molecule has 19 heavy (non-hydrogen) atoms. The highest BCUT2D eigenvalue weighted by molar-refractivity contribution is 8.13. The smallest absolute Gasteiger partial charge is 0.226 e. The molecule has 6 heteroatoms. The second-order valence-corrected chi connectivity index (χ2v) is 4.78. The Morgan fingerprint density at radius 2 is 2.05 bits per heavy atom. The van der Waals surface area contributed by atoms with Gasteiger partial charge in [0.1, 0.15) is 0 Å². The Kier molecular flexibility index (Phi) is 5.90. The van der Waals surface area contributed by atoms with Crippen molar-refractivity contribution in [3.63, 3.8) is 0 Å². The number of amidine groups is 1. The molecule has 1 aromatic rings. The van der Waals surface area contributed by atoms with E-state index in [-0.39, 0.29) is 5.91 Å². The van der Waals surface area contributed by atoms with Gasteiger partial charge in [-0.05, 0) is 24.0 Å². The molecule has 0 aliphatic rings. The van der Waals surface area contributed by atoms with Crippen LogP contribution in [0.4, 0.5) is 5.69 Å². The number of hydrogen-bond acceptors (Lipinski definition) is 4. The van der Waals surface area contributed by atoms with E-state index in [1.807, 2.05) is 36.7 Å². The lowest BCUT2D eigenvalue weighted by molar-refractivity contribution is -0.127. The summed E-state index contributed by atoms with van der Waals surface area (Å²) in [6.45, 7) is 0. The Labute approximate surface area is 117 Å². The Morgan fingerprint density at radius 3 is 2.53 bits per heavy atom. The van der Waals surface area contributed by atoms with E-state index in [0.717, 1.165) is 11.3 Å². The zero-order valence-electron chi connectivity index (χ0n) is 11.2. The van der Waals surface area contributed by atoms with Gasteiger partial charge in [0.05, 0.1) is 12.1 Å². The Hall–Kier alpha value is -2.00. The summed E-state index contributed by atoms with van der Waals surface area (Å²) in [5.41, 5.74) is 1.68. The normalized spacial score (nSPS) is 10.7. The minimum atomic E-state index is 0.0622. The lowest BCUT2D eigenvalue weighted by Gasteiger charge is -2.09. The quantitative estimate of drug-likeness (QED) is 0.395. The molecule has 0 aliphatic carbocycles. The molecule has 0 unspecified atom stereocenters. The van der Waals surface area contributed by atoms with Crippen LogP contribution in [0.1, 0.15) is 5.56 Å². The Morgan fingerprint density at radius 1 is 1.42 bits per heavy atom. The minimum Gasteiger partial charge on any atom is -0.349 e. The van der Waals surface area contributed by atoms with Gasteiger partial charge in [-0.25, -0.2) is 4.99 Å². The number of amides is 1. The van der Waals surface area contributed by atoms with Gasteiger partial charge >= 0.3 is 0 Å². The summed E-state index contributed by atoms with van der Waals surface area (Å²) >= 11 is 1.36. The molecule has 1 rings (SSSR count). The fraction of sp³-hybridized carbons (Fsp3) is 0.308. The fourth-order valence-corrected chi connectivity index (χ4v) is 1.66. The van der Waals surface area contributed by atoms with Gasteiger partial charge in [0.15, 0.2) is 11.4 Å². The summed E-state index contributed by atoms with van der Waals surface area (Å²) in [6, 6.07) is 7.39. The molecule has 0 saturated carbocycles. The van der Waals surface area contributed by atoms with Gasteiger partial charge in [0.25, 0.3) is 0 Å². The molecule has 0 heterocycles. The molecule has 0 bridgehead atoms. The summed E-state index contributed by atoms with van der Waals surface area (Å²) in [4.78, 5) is 17.4. The number of carbonyl (C=O) groups is 1. The van der Waals surface area contributed by atoms with Crippen molar-refractivity contribution in [2.75, 3.05) is 20.4 Å². The molecule has 0 atom stereocenters. The minimum absolute atomic E-state index is 0.0622. The van der Waals surface area contributed by atoms with E-state index in [9.17, 15) is 4.79 Å². The third kappa shape index (κ3) is 5.02. The average Bonchev–Trinajstić information content (AvgIpc) is 2.40. The molecule has 0 fully saturated rings. The SMILES string of the molecule is CSC(=Nc1ccc(CC(=O)N(C)C)cc1)NC#N. The Bertz CT molecular complexity index is 502. The maximum Gasteiger partial charge on any atom is 0.226 e. The van der Waals surface area contributed by atoms with Crippen LogP contribution in [-0.4, -0.2) is 36.3 Å². The van der Waals surface area contributed by atoms with Gasteiger partial charge < -0.3 is 4.90 Å². The summed E-state index contributed by atoms with van der Waals surface area (Å²) in [5, 5.41) is 11.6. The average molecular weight is 276 g/mol. The van der Waals surface area contributed by atoms with E-state index in [1.54, 1.807) is 19.0 Å². The first kappa shape index (κ1) is 15.1. The summed E-state index contributed by atoms with van der Waals surface area (Å²) in [6.07, 6.45) is 4.06. The highest BCUT2D eigenvalue weighted by Crippen LogP contribution is 2.15. The number of likely N-dealkylation sites (N-methyl/N-ethyl adjacent to an activating group) is 1. The summed E-state index contributed by atoms with van der Waals surface area (Å²) in [7, 11) is 3.47. The van der Waals surface area contributed by atoms with Crippen LogP contribution in [0.5, 0.6) is 0 Å². The van der Waals surface area contributed by atoms with Crippen molar-refractivity contribution < 1.29 is 4.79 Å². The first-order valence-electron chi connectivity index (χ1n) is 5.63. The first-order valence-corrected chi connectivity index (χ1v) is 6.86. The van der Waals surface area contributed by atoms with Crippen LogP contribution >= 0.6 is 11.8 Å². The van der Waals surface area contributed by atoms with Crippen molar-refractivity contribution in [3.8, 4) is 6.19 Å².